The van der Waals surface area contributed by atoms with Gasteiger partial charge in [-0.15, -0.1) is 0 Å². The van der Waals surface area contributed by atoms with Gasteiger partial charge in [-0.25, -0.2) is 0 Å². The molecule has 0 aliphatic heterocycles. The minimum atomic E-state index is -0.540. The monoisotopic (exact) mass is 270 g/mol. The summed E-state index contributed by atoms with van der Waals surface area (Å²) in [5.41, 5.74) is 0. The van der Waals surface area contributed by atoms with E-state index in [-0.39, 0.29) is 12.6 Å². The molecular formula is C14H26N2O3. The highest BCUT2D eigenvalue weighted by Gasteiger charge is 2.25. The van der Waals surface area contributed by atoms with E-state index in [1.807, 2.05) is 0 Å². The lowest BCUT2D eigenvalue weighted by Crippen LogP contribution is -2.47. The number of aliphatic hydroxyl groups excluding tert-OH is 1. The average molecular weight is 270 g/mol. The van der Waals surface area contributed by atoms with Gasteiger partial charge < -0.3 is 15.7 Å². The van der Waals surface area contributed by atoms with Crippen molar-refractivity contribution >= 4 is 11.8 Å². The van der Waals surface area contributed by atoms with E-state index in [1.54, 1.807) is 0 Å². The van der Waals surface area contributed by atoms with Gasteiger partial charge in [-0.1, -0.05) is 19.8 Å². The highest BCUT2D eigenvalue weighted by Crippen LogP contribution is 2.23. The van der Waals surface area contributed by atoms with E-state index in [0.29, 0.717) is 12.5 Å². The van der Waals surface area contributed by atoms with Crippen LogP contribution in [0, 0.1) is 5.92 Å². The Morgan fingerprint density at radius 1 is 1.11 bits per heavy atom. The lowest BCUT2D eigenvalue weighted by Gasteiger charge is -2.29. The van der Waals surface area contributed by atoms with Gasteiger partial charge in [0.1, 0.15) is 0 Å². The quantitative estimate of drug-likeness (QED) is 0.497. The summed E-state index contributed by atoms with van der Waals surface area (Å²) in [4.78, 5) is 23.3. The van der Waals surface area contributed by atoms with E-state index in [4.69, 9.17) is 5.11 Å². The van der Waals surface area contributed by atoms with Crippen molar-refractivity contribution in [1.29, 1.82) is 0 Å². The van der Waals surface area contributed by atoms with E-state index >= 15 is 0 Å². The fourth-order valence-corrected chi connectivity index (χ4v) is 2.46. The van der Waals surface area contributed by atoms with Gasteiger partial charge >= 0.3 is 11.8 Å². The van der Waals surface area contributed by atoms with Gasteiger partial charge in [-0.3, -0.25) is 9.59 Å². The molecule has 0 saturated heterocycles. The largest absolute Gasteiger partial charge is 0.396 e. The summed E-state index contributed by atoms with van der Waals surface area (Å²) in [7, 11) is 0. The van der Waals surface area contributed by atoms with Crippen LogP contribution in [0.4, 0.5) is 0 Å². The van der Waals surface area contributed by atoms with Crippen LogP contribution in [0.1, 0.15) is 51.9 Å². The molecule has 110 valence electrons. The molecular weight excluding hydrogens is 244 g/mol. The lowest BCUT2D eigenvalue weighted by atomic mass is 9.86. The van der Waals surface area contributed by atoms with Crippen molar-refractivity contribution in [3.63, 3.8) is 0 Å². The molecule has 0 unspecified atom stereocenters. The van der Waals surface area contributed by atoms with Crippen molar-refractivity contribution < 1.29 is 14.7 Å². The number of rotatable bonds is 6. The molecule has 5 heteroatoms. The second-order valence-corrected chi connectivity index (χ2v) is 5.38. The Hall–Kier alpha value is -1.10. The van der Waals surface area contributed by atoms with Crippen molar-refractivity contribution in [2.45, 2.75) is 57.9 Å². The smallest absolute Gasteiger partial charge is 0.309 e. The minimum Gasteiger partial charge on any atom is -0.396 e. The minimum absolute atomic E-state index is 0.140. The molecule has 0 bridgehead atoms. The van der Waals surface area contributed by atoms with Gasteiger partial charge in [0.05, 0.1) is 0 Å². The first-order valence-electron chi connectivity index (χ1n) is 7.34. The normalized spacial score (nSPS) is 22.8. The number of aliphatic hydroxyl groups is 1. The van der Waals surface area contributed by atoms with Crippen LogP contribution in [0.2, 0.25) is 0 Å². The van der Waals surface area contributed by atoms with E-state index in [1.165, 1.54) is 6.42 Å². The van der Waals surface area contributed by atoms with Gasteiger partial charge in [0, 0.05) is 19.2 Å². The number of unbranched alkanes of at least 4 members (excludes halogenated alkanes) is 2. The van der Waals surface area contributed by atoms with Crippen LogP contribution < -0.4 is 10.6 Å². The molecule has 19 heavy (non-hydrogen) atoms. The van der Waals surface area contributed by atoms with Crippen molar-refractivity contribution in [2.75, 3.05) is 13.2 Å². The van der Waals surface area contributed by atoms with Gasteiger partial charge in [0.15, 0.2) is 0 Å². The summed E-state index contributed by atoms with van der Waals surface area (Å²) in [6.07, 6.45) is 6.81. The fraction of sp³-hybridized carbons (Fsp3) is 0.857. The zero-order chi connectivity index (χ0) is 14.1. The molecule has 0 aromatic carbocycles. The topological polar surface area (TPSA) is 78.4 Å². The van der Waals surface area contributed by atoms with E-state index < -0.39 is 11.8 Å². The maximum atomic E-state index is 11.7. The second-order valence-electron chi connectivity index (χ2n) is 5.38. The SMILES string of the molecule is C[C@@H]1CCCC[C@@H]1NC(=O)C(=O)NCCCCCO. The molecule has 0 heterocycles. The zero-order valence-corrected chi connectivity index (χ0v) is 11.8. The zero-order valence-electron chi connectivity index (χ0n) is 11.8. The van der Waals surface area contributed by atoms with Crippen LogP contribution in [0.3, 0.4) is 0 Å². The summed E-state index contributed by atoms with van der Waals surface area (Å²) >= 11 is 0. The predicted molar refractivity (Wildman–Crippen MR) is 73.5 cm³/mol. The summed E-state index contributed by atoms with van der Waals surface area (Å²) in [5, 5.41) is 14.1. The summed E-state index contributed by atoms with van der Waals surface area (Å²) in [5.74, 6) is -0.599. The Labute approximate surface area is 115 Å². The van der Waals surface area contributed by atoms with Crippen LogP contribution in [-0.2, 0) is 9.59 Å². The van der Waals surface area contributed by atoms with Crippen molar-refractivity contribution in [2.24, 2.45) is 5.92 Å². The molecule has 1 fully saturated rings. The first-order chi connectivity index (χ1) is 9.15. The van der Waals surface area contributed by atoms with Crippen LogP contribution in [0.25, 0.3) is 0 Å². The molecule has 1 aliphatic carbocycles. The average Bonchev–Trinajstić information content (AvgIpc) is 2.41. The third-order valence-corrected chi connectivity index (χ3v) is 3.75. The van der Waals surface area contributed by atoms with Crippen LogP contribution in [0.5, 0.6) is 0 Å². The molecule has 0 aromatic rings. The van der Waals surface area contributed by atoms with Crippen molar-refractivity contribution in [3.05, 3.63) is 0 Å². The molecule has 0 aromatic heterocycles. The Bertz CT molecular complexity index is 294. The highest BCUT2D eigenvalue weighted by atomic mass is 16.3. The number of hydrogen-bond donors (Lipinski definition) is 3. The van der Waals surface area contributed by atoms with Crippen molar-refractivity contribution in [1.82, 2.24) is 10.6 Å². The molecule has 1 rings (SSSR count). The lowest BCUT2D eigenvalue weighted by molar-refractivity contribution is -0.140. The van der Waals surface area contributed by atoms with Gasteiger partial charge in [-0.05, 0) is 38.0 Å². The number of nitrogens with one attached hydrogen (secondary N) is 2. The number of carbonyl (C=O) groups excluding carboxylic acids is 2. The van der Waals surface area contributed by atoms with Crippen LogP contribution in [-0.4, -0.2) is 36.1 Å². The van der Waals surface area contributed by atoms with Crippen LogP contribution in [0.15, 0.2) is 0 Å². The van der Waals surface area contributed by atoms with Gasteiger partial charge in [0.2, 0.25) is 0 Å². The fourth-order valence-electron chi connectivity index (χ4n) is 2.46. The summed E-state index contributed by atoms with van der Waals surface area (Å²) in [6, 6.07) is 0.140. The summed E-state index contributed by atoms with van der Waals surface area (Å²) < 4.78 is 0. The number of amides is 2. The van der Waals surface area contributed by atoms with Crippen molar-refractivity contribution in [3.8, 4) is 0 Å². The summed E-state index contributed by atoms with van der Waals surface area (Å²) in [6.45, 7) is 2.79. The standard InChI is InChI=1S/C14H26N2O3/c1-11-7-3-4-8-12(11)16-14(19)13(18)15-9-5-2-6-10-17/h11-12,17H,2-10H2,1H3,(H,15,18)(H,16,19)/t11-,12+/m1/s1. The van der Waals surface area contributed by atoms with Gasteiger partial charge in [-0.2, -0.15) is 0 Å². The van der Waals surface area contributed by atoms with Crippen LogP contribution >= 0.6 is 0 Å². The number of hydrogen-bond acceptors (Lipinski definition) is 3. The molecule has 1 aliphatic rings. The Kier molecular flexibility index (Phi) is 7.48. The predicted octanol–water partition coefficient (Wildman–Crippen LogP) is 0.960. The third kappa shape index (κ3) is 6.05. The molecule has 0 radical (unpaired) electrons. The molecule has 2 amide bonds. The third-order valence-electron chi connectivity index (χ3n) is 3.75. The molecule has 1 saturated carbocycles. The maximum absolute atomic E-state index is 11.7. The Morgan fingerprint density at radius 2 is 1.84 bits per heavy atom. The second kappa shape index (κ2) is 8.91. The first-order valence-corrected chi connectivity index (χ1v) is 7.34. The Morgan fingerprint density at radius 3 is 2.53 bits per heavy atom. The first kappa shape index (κ1) is 16.0. The van der Waals surface area contributed by atoms with E-state index in [9.17, 15) is 9.59 Å². The van der Waals surface area contributed by atoms with Gasteiger partial charge in [0.25, 0.3) is 0 Å². The molecule has 2 atom stereocenters. The molecule has 0 spiro atoms. The van der Waals surface area contributed by atoms with E-state index in [0.717, 1.165) is 38.5 Å². The highest BCUT2D eigenvalue weighted by molar-refractivity contribution is 6.35. The maximum Gasteiger partial charge on any atom is 0.309 e. The van der Waals surface area contributed by atoms with E-state index in [2.05, 4.69) is 17.6 Å². The number of carbonyl (C=O) groups is 2. The molecule has 5 nitrogen and oxygen atoms in total. The molecule has 3 N–H and O–H groups in total. The Balaban J connectivity index is 2.19.